The summed E-state index contributed by atoms with van der Waals surface area (Å²) in [6, 6.07) is 0.501. The number of carboxylic acids is 1. The van der Waals surface area contributed by atoms with Crippen LogP contribution in [-0.2, 0) is 4.79 Å². The highest BCUT2D eigenvalue weighted by Gasteiger charge is 2.20. The maximum Gasteiger partial charge on any atom is 0.304 e. The van der Waals surface area contributed by atoms with Crippen LogP contribution in [0.1, 0.15) is 26.2 Å². The van der Waals surface area contributed by atoms with Crippen molar-refractivity contribution in [1.82, 2.24) is 10.2 Å². The van der Waals surface area contributed by atoms with Crippen LogP contribution in [0.3, 0.4) is 0 Å². The third-order valence-corrected chi connectivity index (χ3v) is 2.58. The molecule has 1 unspecified atom stereocenters. The van der Waals surface area contributed by atoms with E-state index in [1.807, 2.05) is 0 Å². The molecule has 0 spiro atoms. The van der Waals surface area contributed by atoms with Crippen LogP contribution < -0.4 is 5.32 Å². The summed E-state index contributed by atoms with van der Waals surface area (Å²) in [7, 11) is 0. The molecule has 14 heavy (non-hydrogen) atoms. The minimum Gasteiger partial charge on any atom is -0.481 e. The molecule has 0 radical (unpaired) electrons. The minimum atomic E-state index is -0.721. The molecule has 0 bridgehead atoms. The Balaban J connectivity index is 2.07. The fourth-order valence-corrected chi connectivity index (χ4v) is 1.90. The first-order valence-electron chi connectivity index (χ1n) is 5.40. The number of carboxylic acid groups (broad SMARTS) is 1. The van der Waals surface area contributed by atoms with Crippen molar-refractivity contribution in [3.63, 3.8) is 0 Å². The number of rotatable bonds is 6. The third-order valence-electron chi connectivity index (χ3n) is 2.58. The second-order valence-electron chi connectivity index (χ2n) is 3.88. The maximum atomic E-state index is 10.3. The van der Waals surface area contributed by atoms with E-state index in [4.69, 9.17) is 5.11 Å². The van der Waals surface area contributed by atoms with Crippen LogP contribution in [0, 0.1) is 0 Å². The van der Waals surface area contributed by atoms with Crippen molar-refractivity contribution in [2.24, 2.45) is 0 Å². The Kier molecular flexibility index (Phi) is 4.90. The molecule has 82 valence electrons. The van der Waals surface area contributed by atoms with Gasteiger partial charge in [0.2, 0.25) is 0 Å². The van der Waals surface area contributed by atoms with E-state index in [9.17, 15) is 4.79 Å². The van der Waals surface area contributed by atoms with E-state index in [-0.39, 0.29) is 6.42 Å². The van der Waals surface area contributed by atoms with Gasteiger partial charge in [-0.25, -0.2) is 0 Å². The van der Waals surface area contributed by atoms with Crippen molar-refractivity contribution in [2.75, 3.05) is 26.2 Å². The summed E-state index contributed by atoms with van der Waals surface area (Å²) in [4.78, 5) is 12.7. The van der Waals surface area contributed by atoms with E-state index >= 15 is 0 Å². The van der Waals surface area contributed by atoms with Crippen molar-refractivity contribution in [2.45, 2.75) is 32.2 Å². The highest BCUT2D eigenvalue weighted by atomic mass is 16.4. The van der Waals surface area contributed by atoms with Gasteiger partial charge in [-0.05, 0) is 25.9 Å². The van der Waals surface area contributed by atoms with Crippen LogP contribution in [0.15, 0.2) is 0 Å². The van der Waals surface area contributed by atoms with Gasteiger partial charge in [-0.3, -0.25) is 4.79 Å². The monoisotopic (exact) mass is 200 g/mol. The first kappa shape index (κ1) is 11.5. The fraction of sp³-hybridized carbons (Fsp3) is 0.900. The van der Waals surface area contributed by atoms with Gasteiger partial charge in [0.15, 0.2) is 0 Å². The van der Waals surface area contributed by atoms with Crippen LogP contribution >= 0.6 is 0 Å². The Morgan fingerprint density at radius 2 is 2.43 bits per heavy atom. The minimum absolute atomic E-state index is 0.226. The maximum absolute atomic E-state index is 10.3. The fourth-order valence-electron chi connectivity index (χ4n) is 1.90. The number of hydrogen-bond donors (Lipinski definition) is 2. The Labute approximate surface area is 85.3 Å². The normalized spacial score (nSPS) is 22.8. The van der Waals surface area contributed by atoms with Crippen molar-refractivity contribution in [1.29, 1.82) is 0 Å². The van der Waals surface area contributed by atoms with Crippen molar-refractivity contribution < 1.29 is 9.90 Å². The zero-order chi connectivity index (χ0) is 10.4. The molecule has 0 aromatic heterocycles. The molecule has 1 aliphatic rings. The highest BCUT2D eigenvalue weighted by Crippen LogP contribution is 2.08. The largest absolute Gasteiger partial charge is 0.481 e. The number of nitrogens with zero attached hydrogens (tertiary/aromatic N) is 1. The molecular weight excluding hydrogens is 180 g/mol. The van der Waals surface area contributed by atoms with Gasteiger partial charge in [0.1, 0.15) is 0 Å². The van der Waals surface area contributed by atoms with E-state index in [0.29, 0.717) is 12.6 Å². The molecule has 0 aromatic carbocycles. The van der Waals surface area contributed by atoms with E-state index in [2.05, 4.69) is 17.1 Å². The molecule has 0 saturated carbocycles. The third kappa shape index (κ3) is 4.07. The first-order valence-corrected chi connectivity index (χ1v) is 5.40. The molecule has 0 amide bonds. The SMILES string of the molecule is CCCN1CCC(NCCC(=O)O)C1. The number of carbonyl (C=O) groups is 1. The summed E-state index contributed by atoms with van der Waals surface area (Å²) < 4.78 is 0. The van der Waals surface area contributed by atoms with Gasteiger partial charge in [-0.15, -0.1) is 0 Å². The van der Waals surface area contributed by atoms with Gasteiger partial charge in [0.05, 0.1) is 6.42 Å². The van der Waals surface area contributed by atoms with Crippen LogP contribution in [-0.4, -0.2) is 48.2 Å². The molecule has 1 saturated heterocycles. The summed E-state index contributed by atoms with van der Waals surface area (Å²) in [5, 5.41) is 11.8. The average Bonchev–Trinajstić information content (AvgIpc) is 2.53. The van der Waals surface area contributed by atoms with Gasteiger partial charge < -0.3 is 15.3 Å². The van der Waals surface area contributed by atoms with Crippen molar-refractivity contribution in [3.05, 3.63) is 0 Å². The van der Waals surface area contributed by atoms with Crippen molar-refractivity contribution in [3.8, 4) is 0 Å². The predicted octanol–water partition coefficient (Wildman–Crippen LogP) is 0.535. The molecule has 1 fully saturated rings. The number of nitrogens with one attached hydrogen (secondary N) is 1. The van der Waals surface area contributed by atoms with Crippen LogP contribution in [0.4, 0.5) is 0 Å². The smallest absolute Gasteiger partial charge is 0.304 e. The average molecular weight is 200 g/mol. The summed E-state index contributed by atoms with van der Waals surface area (Å²) in [6.07, 6.45) is 2.58. The van der Waals surface area contributed by atoms with Crippen LogP contribution in [0.25, 0.3) is 0 Å². The number of hydrogen-bond acceptors (Lipinski definition) is 3. The predicted molar refractivity (Wildman–Crippen MR) is 55.4 cm³/mol. The summed E-state index contributed by atoms with van der Waals surface area (Å²) in [5.41, 5.74) is 0. The molecule has 0 aliphatic carbocycles. The van der Waals surface area contributed by atoms with E-state index in [1.54, 1.807) is 0 Å². The molecule has 0 aromatic rings. The summed E-state index contributed by atoms with van der Waals surface area (Å²) in [6.45, 7) is 6.17. The highest BCUT2D eigenvalue weighted by molar-refractivity contribution is 5.66. The Bertz CT molecular complexity index is 185. The second kappa shape index (κ2) is 5.98. The van der Waals surface area contributed by atoms with Gasteiger partial charge in [0.25, 0.3) is 0 Å². The number of likely N-dealkylation sites (tertiary alicyclic amines) is 1. The van der Waals surface area contributed by atoms with E-state index in [1.165, 1.54) is 6.42 Å². The van der Waals surface area contributed by atoms with Crippen LogP contribution in [0.2, 0.25) is 0 Å². The lowest BCUT2D eigenvalue weighted by atomic mass is 10.2. The first-order chi connectivity index (χ1) is 6.72. The molecular formula is C10H20N2O2. The molecule has 1 aliphatic heterocycles. The quantitative estimate of drug-likeness (QED) is 0.657. The van der Waals surface area contributed by atoms with Crippen molar-refractivity contribution >= 4 is 5.97 Å². The Hall–Kier alpha value is -0.610. The molecule has 1 rings (SSSR count). The number of aliphatic carboxylic acids is 1. The van der Waals surface area contributed by atoms with Crippen LogP contribution in [0.5, 0.6) is 0 Å². The topological polar surface area (TPSA) is 52.6 Å². The van der Waals surface area contributed by atoms with Gasteiger partial charge >= 0.3 is 5.97 Å². The molecule has 1 atom stereocenters. The van der Waals surface area contributed by atoms with Gasteiger partial charge in [0, 0.05) is 19.1 Å². The molecule has 1 heterocycles. The van der Waals surface area contributed by atoms with Gasteiger partial charge in [-0.2, -0.15) is 0 Å². The lowest BCUT2D eigenvalue weighted by Crippen LogP contribution is -2.34. The van der Waals surface area contributed by atoms with E-state index in [0.717, 1.165) is 26.1 Å². The second-order valence-corrected chi connectivity index (χ2v) is 3.88. The Morgan fingerprint density at radius 3 is 3.07 bits per heavy atom. The lowest BCUT2D eigenvalue weighted by molar-refractivity contribution is -0.136. The molecule has 4 heteroatoms. The summed E-state index contributed by atoms with van der Waals surface area (Å²) >= 11 is 0. The zero-order valence-corrected chi connectivity index (χ0v) is 8.83. The zero-order valence-electron chi connectivity index (χ0n) is 8.83. The standard InChI is InChI=1S/C10H20N2O2/c1-2-6-12-7-4-9(8-12)11-5-3-10(13)14/h9,11H,2-8H2,1H3,(H,13,14). The van der Waals surface area contributed by atoms with E-state index < -0.39 is 5.97 Å². The van der Waals surface area contributed by atoms with Gasteiger partial charge in [-0.1, -0.05) is 6.92 Å². The summed E-state index contributed by atoms with van der Waals surface area (Å²) in [5.74, 6) is -0.721. The lowest BCUT2D eigenvalue weighted by Gasteiger charge is -2.15. The Morgan fingerprint density at radius 1 is 1.64 bits per heavy atom. The molecule has 2 N–H and O–H groups in total. The molecule has 4 nitrogen and oxygen atoms in total.